The minimum Gasteiger partial charge on any atom is -0.0610 e. The monoisotopic (exact) mass is 528 g/mol. The average molecular weight is 529 g/mol. The minimum atomic E-state index is 1.26. The molecule has 10 aromatic rings. The third kappa shape index (κ3) is 2.96. The second-order valence-electron chi connectivity index (χ2n) is 11.7. The zero-order chi connectivity index (χ0) is 27.4. The van der Waals surface area contributed by atoms with Crippen LogP contribution in [-0.4, -0.2) is 0 Å². The van der Waals surface area contributed by atoms with E-state index < -0.39 is 0 Å². The maximum Gasteiger partial charge on any atom is -0.00206 e. The molecule has 0 saturated carbocycles. The molecular formula is C42H24. The highest BCUT2D eigenvalue weighted by molar-refractivity contribution is 6.27. The van der Waals surface area contributed by atoms with Crippen molar-refractivity contribution in [2.75, 3.05) is 0 Å². The maximum absolute atomic E-state index is 2.38. The number of fused-ring (bicyclic) bond motifs is 1. The summed E-state index contributed by atoms with van der Waals surface area (Å²) in [7, 11) is 0. The molecule has 10 aromatic carbocycles. The largest absolute Gasteiger partial charge is 0.0610 e. The van der Waals surface area contributed by atoms with E-state index in [-0.39, 0.29) is 0 Å². The Morgan fingerprint density at radius 1 is 0.238 bits per heavy atom. The Hall–Kier alpha value is -5.46. The van der Waals surface area contributed by atoms with Crippen molar-refractivity contribution in [3.05, 3.63) is 146 Å². The van der Waals surface area contributed by atoms with E-state index in [0.29, 0.717) is 0 Å². The summed E-state index contributed by atoms with van der Waals surface area (Å²) in [5.74, 6) is 0. The molecule has 0 saturated heterocycles. The molecule has 0 fully saturated rings. The summed E-state index contributed by atoms with van der Waals surface area (Å²) in [5, 5.41) is 18.5. The Kier molecular flexibility index (Phi) is 4.27. The summed E-state index contributed by atoms with van der Waals surface area (Å²) in [6.07, 6.45) is 0. The lowest BCUT2D eigenvalue weighted by atomic mass is 9.88. The summed E-state index contributed by atoms with van der Waals surface area (Å²) >= 11 is 0. The Morgan fingerprint density at radius 3 is 1.05 bits per heavy atom. The highest BCUT2D eigenvalue weighted by atomic mass is 14.2. The SMILES string of the molecule is c1cc2ccc3ccc(-c4ccc5ccc(-c6ccc7ccc8cccc9ccc6c7c89)cc5c4)c4ccc(c1)c2c34. The van der Waals surface area contributed by atoms with Crippen LogP contribution in [0.3, 0.4) is 0 Å². The van der Waals surface area contributed by atoms with Gasteiger partial charge in [0.05, 0.1) is 0 Å². The first kappa shape index (κ1) is 22.3. The lowest BCUT2D eigenvalue weighted by molar-refractivity contribution is 1.68. The van der Waals surface area contributed by atoms with Crippen molar-refractivity contribution < 1.29 is 0 Å². The van der Waals surface area contributed by atoms with Crippen molar-refractivity contribution >= 4 is 75.4 Å². The predicted molar refractivity (Wildman–Crippen MR) is 182 cm³/mol. The van der Waals surface area contributed by atoms with Crippen LogP contribution in [-0.2, 0) is 0 Å². The highest BCUT2D eigenvalue weighted by Crippen LogP contribution is 2.42. The maximum atomic E-state index is 2.38. The Bertz CT molecular complexity index is 2460. The summed E-state index contributed by atoms with van der Waals surface area (Å²) in [6.45, 7) is 0. The lowest BCUT2D eigenvalue weighted by Gasteiger charge is -2.15. The molecule has 0 atom stereocenters. The third-order valence-electron chi connectivity index (χ3n) is 9.52. The van der Waals surface area contributed by atoms with E-state index in [1.807, 2.05) is 0 Å². The molecule has 0 unspecified atom stereocenters. The van der Waals surface area contributed by atoms with Gasteiger partial charge in [0.2, 0.25) is 0 Å². The molecule has 0 aromatic heterocycles. The average Bonchev–Trinajstić information content (AvgIpc) is 3.05. The first-order valence-electron chi connectivity index (χ1n) is 14.7. The summed E-state index contributed by atoms with van der Waals surface area (Å²) in [5.41, 5.74) is 5.09. The third-order valence-corrected chi connectivity index (χ3v) is 9.52. The van der Waals surface area contributed by atoms with Gasteiger partial charge in [0.1, 0.15) is 0 Å². The molecule has 42 heavy (non-hydrogen) atoms. The molecule has 192 valence electrons. The van der Waals surface area contributed by atoms with Crippen LogP contribution < -0.4 is 0 Å². The minimum absolute atomic E-state index is 1.26. The zero-order valence-electron chi connectivity index (χ0n) is 22.9. The van der Waals surface area contributed by atoms with Crippen LogP contribution in [0, 0.1) is 0 Å². The summed E-state index contributed by atoms with van der Waals surface area (Å²) in [4.78, 5) is 0. The number of hydrogen-bond donors (Lipinski definition) is 0. The highest BCUT2D eigenvalue weighted by Gasteiger charge is 2.14. The first-order chi connectivity index (χ1) is 20.8. The molecular weight excluding hydrogens is 504 g/mol. The van der Waals surface area contributed by atoms with Crippen molar-refractivity contribution in [3.63, 3.8) is 0 Å². The Balaban J connectivity index is 1.19. The van der Waals surface area contributed by atoms with Gasteiger partial charge in [-0.05, 0) is 110 Å². The van der Waals surface area contributed by atoms with Gasteiger partial charge < -0.3 is 0 Å². The molecule has 0 aliphatic carbocycles. The van der Waals surface area contributed by atoms with Crippen molar-refractivity contribution in [1.29, 1.82) is 0 Å². The molecule has 10 rings (SSSR count). The second kappa shape index (κ2) is 8.06. The molecule has 0 N–H and O–H groups in total. The zero-order valence-corrected chi connectivity index (χ0v) is 22.9. The van der Waals surface area contributed by atoms with E-state index in [0.717, 1.165) is 0 Å². The molecule has 0 aliphatic heterocycles. The van der Waals surface area contributed by atoms with Crippen LogP contribution in [0.25, 0.3) is 97.7 Å². The number of benzene rings is 10. The van der Waals surface area contributed by atoms with E-state index in [9.17, 15) is 0 Å². The van der Waals surface area contributed by atoms with Crippen molar-refractivity contribution in [1.82, 2.24) is 0 Å². The molecule has 0 spiro atoms. The molecule has 0 heteroatoms. The van der Waals surface area contributed by atoms with Gasteiger partial charge in [0, 0.05) is 0 Å². The van der Waals surface area contributed by atoms with Gasteiger partial charge >= 0.3 is 0 Å². The molecule has 0 aliphatic rings. The normalized spacial score (nSPS) is 12.3. The first-order valence-corrected chi connectivity index (χ1v) is 14.7. The fourth-order valence-corrected chi connectivity index (χ4v) is 7.56. The van der Waals surface area contributed by atoms with E-state index >= 15 is 0 Å². The molecule has 0 radical (unpaired) electrons. The van der Waals surface area contributed by atoms with Gasteiger partial charge in [-0.1, -0.05) is 133 Å². The summed E-state index contributed by atoms with van der Waals surface area (Å²) < 4.78 is 0. The van der Waals surface area contributed by atoms with Crippen LogP contribution in [0.4, 0.5) is 0 Å². The van der Waals surface area contributed by atoms with Crippen molar-refractivity contribution in [3.8, 4) is 22.3 Å². The van der Waals surface area contributed by atoms with Crippen molar-refractivity contribution in [2.45, 2.75) is 0 Å². The van der Waals surface area contributed by atoms with Gasteiger partial charge in [-0.2, -0.15) is 0 Å². The van der Waals surface area contributed by atoms with Gasteiger partial charge in [-0.15, -0.1) is 0 Å². The van der Waals surface area contributed by atoms with E-state index in [1.165, 1.54) is 97.7 Å². The fraction of sp³-hybridized carbons (Fsp3) is 0. The van der Waals surface area contributed by atoms with E-state index in [1.54, 1.807) is 0 Å². The topological polar surface area (TPSA) is 0 Å². The van der Waals surface area contributed by atoms with Gasteiger partial charge in [0.15, 0.2) is 0 Å². The van der Waals surface area contributed by atoms with Crippen LogP contribution >= 0.6 is 0 Å². The lowest BCUT2D eigenvalue weighted by Crippen LogP contribution is -1.88. The van der Waals surface area contributed by atoms with Crippen molar-refractivity contribution in [2.24, 2.45) is 0 Å². The standard InChI is InChI=1S/C42H24/c1-3-26-9-11-30-15-19-35(37-21-17-28(5-1)39(26)41(30)37)32-13-7-25-8-14-33(24-34(25)23-32)36-20-16-31-12-10-27-4-2-6-29-18-22-38(36)42(31)40(27)29/h1-24H. The van der Waals surface area contributed by atoms with Gasteiger partial charge in [-0.3, -0.25) is 0 Å². The summed E-state index contributed by atoms with van der Waals surface area (Å²) in [6, 6.07) is 54.5. The Morgan fingerprint density at radius 2 is 0.595 bits per heavy atom. The molecule has 0 bridgehead atoms. The quantitative estimate of drug-likeness (QED) is 0.196. The van der Waals surface area contributed by atoms with Crippen LogP contribution in [0.15, 0.2) is 146 Å². The van der Waals surface area contributed by atoms with Gasteiger partial charge in [0.25, 0.3) is 0 Å². The second-order valence-corrected chi connectivity index (χ2v) is 11.7. The van der Waals surface area contributed by atoms with E-state index in [4.69, 9.17) is 0 Å². The predicted octanol–water partition coefficient (Wildman–Crippen LogP) is 12.0. The number of rotatable bonds is 2. The molecule has 0 nitrogen and oxygen atoms in total. The van der Waals surface area contributed by atoms with E-state index in [2.05, 4.69) is 146 Å². The molecule has 0 amide bonds. The van der Waals surface area contributed by atoms with Gasteiger partial charge in [-0.25, -0.2) is 0 Å². The van der Waals surface area contributed by atoms with Crippen LogP contribution in [0.2, 0.25) is 0 Å². The Labute approximate surface area is 242 Å². The van der Waals surface area contributed by atoms with Crippen LogP contribution in [0.1, 0.15) is 0 Å². The smallest absolute Gasteiger partial charge is 0.00206 e. The molecule has 0 heterocycles. The fourth-order valence-electron chi connectivity index (χ4n) is 7.56. The number of hydrogen-bond acceptors (Lipinski definition) is 0. The van der Waals surface area contributed by atoms with Crippen LogP contribution in [0.5, 0.6) is 0 Å².